The van der Waals surface area contributed by atoms with Gasteiger partial charge in [-0.15, -0.1) is 0 Å². The number of amides is 4. The molecule has 0 saturated carbocycles. The molecule has 2 aliphatic rings. The van der Waals surface area contributed by atoms with Gasteiger partial charge in [0, 0.05) is 19.5 Å². The summed E-state index contributed by atoms with van der Waals surface area (Å²) < 4.78 is 11.9. The Labute approximate surface area is 286 Å². The van der Waals surface area contributed by atoms with Gasteiger partial charge in [0.1, 0.15) is 23.0 Å². The molecule has 0 aliphatic carbocycles. The van der Waals surface area contributed by atoms with E-state index in [1.807, 2.05) is 98.8 Å². The predicted molar refractivity (Wildman–Crippen MR) is 189 cm³/mol. The van der Waals surface area contributed by atoms with E-state index in [1.54, 1.807) is 36.4 Å². The van der Waals surface area contributed by atoms with Crippen LogP contribution in [0.4, 0.5) is 0 Å². The Balaban J connectivity index is 0.000000522. The highest BCUT2D eigenvalue weighted by Crippen LogP contribution is 2.36. The van der Waals surface area contributed by atoms with Gasteiger partial charge in [0.25, 0.3) is 23.6 Å². The minimum Gasteiger partial charge on any atom is -0.457 e. The van der Waals surface area contributed by atoms with E-state index < -0.39 is 0 Å². The van der Waals surface area contributed by atoms with Crippen molar-refractivity contribution in [3.63, 3.8) is 0 Å². The summed E-state index contributed by atoms with van der Waals surface area (Å²) in [5.74, 6) is 0.883. The average molecular weight is 655 g/mol. The predicted octanol–water partition coefficient (Wildman–Crippen LogP) is 8.76. The smallest absolute Gasteiger partial charge is 0.261 e. The molecule has 0 fully saturated rings. The van der Waals surface area contributed by atoms with Gasteiger partial charge in [-0.2, -0.15) is 0 Å². The fourth-order valence-electron chi connectivity index (χ4n) is 5.51. The Morgan fingerprint density at radius 1 is 0.429 bits per heavy atom. The molecule has 8 heteroatoms. The summed E-state index contributed by atoms with van der Waals surface area (Å²) >= 11 is 0. The number of benzene rings is 5. The first-order chi connectivity index (χ1) is 23.5. The molecule has 0 spiro atoms. The first kappa shape index (κ1) is 34.3. The summed E-state index contributed by atoms with van der Waals surface area (Å²) in [6, 6.07) is 37.3. The molecule has 2 heterocycles. The van der Waals surface area contributed by atoms with Crippen molar-refractivity contribution in [2.24, 2.45) is 0 Å². The Hall–Kier alpha value is -6.02. The lowest BCUT2D eigenvalue weighted by molar-refractivity contribution is 0.0677. The largest absolute Gasteiger partial charge is 0.457 e. The van der Waals surface area contributed by atoms with Gasteiger partial charge in [-0.05, 0) is 71.8 Å². The molecular formula is C41H38N2O6. The minimum atomic E-state index is -0.337. The molecule has 0 unspecified atom stereocenters. The lowest BCUT2D eigenvalue weighted by atomic mass is 9.78. The topological polar surface area (TPSA) is 93.2 Å². The normalized spacial score (nSPS) is 13.2. The molecule has 248 valence electrons. The zero-order valence-electron chi connectivity index (χ0n) is 28.4. The van der Waals surface area contributed by atoms with Crippen LogP contribution in [0.2, 0.25) is 0 Å². The van der Waals surface area contributed by atoms with E-state index in [4.69, 9.17) is 9.47 Å². The Kier molecular flexibility index (Phi) is 10.1. The first-order valence-corrected chi connectivity index (χ1v) is 16.0. The van der Waals surface area contributed by atoms with Crippen molar-refractivity contribution in [1.29, 1.82) is 0 Å². The molecule has 0 saturated heterocycles. The van der Waals surface area contributed by atoms with E-state index in [0.29, 0.717) is 45.3 Å². The number of ether oxygens (including phenoxy) is 2. The van der Waals surface area contributed by atoms with Crippen LogP contribution < -0.4 is 9.47 Å². The van der Waals surface area contributed by atoms with Gasteiger partial charge in [0.15, 0.2) is 0 Å². The lowest BCUT2D eigenvalue weighted by Gasteiger charge is -2.26. The second-order valence-electron chi connectivity index (χ2n) is 11.8. The molecule has 8 nitrogen and oxygen atoms in total. The maximum absolute atomic E-state index is 12.3. The molecule has 4 amide bonds. The molecule has 0 radical (unpaired) electrons. The number of hydrogen-bond acceptors (Lipinski definition) is 6. The second kappa shape index (κ2) is 14.4. The van der Waals surface area contributed by atoms with Crippen molar-refractivity contribution in [3.8, 4) is 23.0 Å². The SMILES string of the molecule is CC.CN1C(=O)c2ccc(Oc3ccc(C(C)(C)c4ccc(Oc5ccc6c(c5)C(=O)N(C)C6=O)cc4)cc3)cc2C1=O.c1ccccc1. The number of nitrogens with zero attached hydrogens (tertiary/aromatic N) is 2. The number of carbonyl (C=O) groups is 4. The summed E-state index contributed by atoms with van der Waals surface area (Å²) in [6.07, 6.45) is 0. The fourth-order valence-corrected chi connectivity index (χ4v) is 5.51. The molecule has 0 N–H and O–H groups in total. The van der Waals surface area contributed by atoms with Crippen LogP contribution >= 0.6 is 0 Å². The maximum atomic E-state index is 12.3. The summed E-state index contributed by atoms with van der Waals surface area (Å²) in [5.41, 5.74) is 3.25. The molecular weight excluding hydrogens is 616 g/mol. The van der Waals surface area contributed by atoms with Crippen LogP contribution in [0.25, 0.3) is 0 Å². The van der Waals surface area contributed by atoms with Crippen LogP contribution in [0.15, 0.2) is 121 Å². The standard InChI is InChI=1S/C33H26N2O6.C6H6.C2H6/c1-33(2,19-5-9-21(10-6-19)40-23-13-15-25-27(17-23)31(38)34(3)29(25)36)20-7-11-22(12-8-20)41-24-14-16-26-28(18-24)32(39)35(4)30(26)37;1-2-4-6-5-3-1;1-2/h5-18H,1-4H3;1-6H;1-2H3. The van der Waals surface area contributed by atoms with Crippen LogP contribution in [-0.2, 0) is 5.41 Å². The van der Waals surface area contributed by atoms with E-state index in [-0.39, 0.29) is 29.0 Å². The number of hydrogen-bond donors (Lipinski definition) is 0. The third-order valence-electron chi connectivity index (χ3n) is 8.41. The molecule has 0 bridgehead atoms. The van der Waals surface area contributed by atoms with Crippen LogP contribution in [0.3, 0.4) is 0 Å². The van der Waals surface area contributed by atoms with E-state index >= 15 is 0 Å². The van der Waals surface area contributed by atoms with Gasteiger partial charge in [-0.3, -0.25) is 29.0 Å². The van der Waals surface area contributed by atoms with Gasteiger partial charge >= 0.3 is 0 Å². The fraction of sp³-hybridized carbons (Fsp3) is 0.171. The van der Waals surface area contributed by atoms with Crippen molar-refractivity contribution in [3.05, 3.63) is 155 Å². The molecule has 7 rings (SSSR count). The molecule has 49 heavy (non-hydrogen) atoms. The maximum Gasteiger partial charge on any atom is 0.261 e. The monoisotopic (exact) mass is 654 g/mol. The zero-order chi connectivity index (χ0) is 35.3. The summed E-state index contributed by atoms with van der Waals surface area (Å²) in [6.45, 7) is 8.25. The van der Waals surface area contributed by atoms with E-state index in [9.17, 15) is 19.2 Å². The summed E-state index contributed by atoms with van der Waals surface area (Å²) in [5, 5.41) is 0. The van der Waals surface area contributed by atoms with Crippen LogP contribution in [0, 0.1) is 0 Å². The number of carbonyl (C=O) groups excluding carboxylic acids is 4. The van der Waals surface area contributed by atoms with Crippen molar-refractivity contribution < 1.29 is 28.7 Å². The Bertz CT molecular complexity index is 1850. The highest BCUT2D eigenvalue weighted by atomic mass is 16.5. The Morgan fingerprint density at radius 2 is 0.714 bits per heavy atom. The molecule has 0 aromatic heterocycles. The first-order valence-electron chi connectivity index (χ1n) is 16.0. The average Bonchev–Trinajstić information content (AvgIpc) is 3.48. The van der Waals surface area contributed by atoms with Crippen molar-refractivity contribution in [1.82, 2.24) is 9.80 Å². The van der Waals surface area contributed by atoms with Gasteiger partial charge in [-0.1, -0.05) is 88.4 Å². The van der Waals surface area contributed by atoms with Gasteiger partial charge in [0.2, 0.25) is 0 Å². The third-order valence-corrected chi connectivity index (χ3v) is 8.41. The lowest BCUT2D eigenvalue weighted by Crippen LogP contribution is -2.24. The Morgan fingerprint density at radius 3 is 1.04 bits per heavy atom. The highest BCUT2D eigenvalue weighted by molar-refractivity contribution is 6.22. The van der Waals surface area contributed by atoms with Crippen LogP contribution in [0.5, 0.6) is 23.0 Å². The molecule has 2 aliphatic heterocycles. The van der Waals surface area contributed by atoms with Crippen molar-refractivity contribution in [2.75, 3.05) is 14.1 Å². The minimum absolute atomic E-state index is 0.312. The number of imide groups is 2. The van der Waals surface area contributed by atoms with E-state index in [0.717, 1.165) is 20.9 Å². The second-order valence-corrected chi connectivity index (χ2v) is 11.8. The number of rotatable bonds is 6. The van der Waals surface area contributed by atoms with Crippen molar-refractivity contribution >= 4 is 23.6 Å². The summed E-state index contributed by atoms with van der Waals surface area (Å²) in [4.78, 5) is 51.1. The molecule has 5 aromatic carbocycles. The quantitative estimate of drug-likeness (QED) is 0.170. The van der Waals surface area contributed by atoms with Crippen LogP contribution in [0.1, 0.15) is 80.3 Å². The van der Waals surface area contributed by atoms with Crippen molar-refractivity contribution in [2.45, 2.75) is 33.1 Å². The number of fused-ring (bicyclic) bond motifs is 2. The van der Waals surface area contributed by atoms with Crippen LogP contribution in [-0.4, -0.2) is 47.5 Å². The summed E-state index contributed by atoms with van der Waals surface area (Å²) in [7, 11) is 2.93. The van der Waals surface area contributed by atoms with Gasteiger partial charge < -0.3 is 9.47 Å². The third kappa shape index (κ3) is 6.99. The van der Waals surface area contributed by atoms with Gasteiger partial charge in [-0.25, -0.2) is 0 Å². The van der Waals surface area contributed by atoms with E-state index in [2.05, 4.69) is 13.8 Å². The van der Waals surface area contributed by atoms with Gasteiger partial charge in [0.05, 0.1) is 22.3 Å². The molecule has 0 atom stereocenters. The zero-order valence-corrected chi connectivity index (χ0v) is 28.4. The molecule has 5 aromatic rings. The highest BCUT2D eigenvalue weighted by Gasteiger charge is 2.34. The van der Waals surface area contributed by atoms with E-state index in [1.165, 1.54) is 14.1 Å².